The number of rotatable bonds is 4. The highest BCUT2D eigenvalue weighted by molar-refractivity contribution is 6.30. The summed E-state index contributed by atoms with van der Waals surface area (Å²) >= 11 is 5.88. The zero-order chi connectivity index (χ0) is 17.3. The van der Waals surface area contributed by atoms with Crippen LogP contribution in [0.5, 0.6) is 0 Å². The number of nitrogens with zero attached hydrogens (tertiary/aromatic N) is 6. The number of hydrogen-bond donors (Lipinski definition) is 1. The van der Waals surface area contributed by atoms with Crippen LogP contribution in [0.2, 0.25) is 5.02 Å². The van der Waals surface area contributed by atoms with E-state index >= 15 is 0 Å². The first-order chi connectivity index (χ1) is 11.4. The van der Waals surface area contributed by atoms with Gasteiger partial charge in [0.25, 0.3) is 5.91 Å². The Morgan fingerprint density at radius 1 is 1.33 bits per heavy atom. The van der Waals surface area contributed by atoms with Gasteiger partial charge in [0, 0.05) is 11.9 Å². The molecule has 0 aliphatic heterocycles. The van der Waals surface area contributed by atoms with Gasteiger partial charge < -0.3 is 5.32 Å². The van der Waals surface area contributed by atoms with E-state index in [9.17, 15) is 4.79 Å². The van der Waals surface area contributed by atoms with Gasteiger partial charge in [-0.3, -0.25) is 9.48 Å². The quantitative estimate of drug-likeness (QED) is 0.782. The van der Waals surface area contributed by atoms with Crippen LogP contribution in [-0.4, -0.2) is 35.9 Å². The minimum atomic E-state index is -0.879. The molecule has 124 valence electrons. The average molecular weight is 346 g/mol. The van der Waals surface area contributed by atoms with Crippen LogP contribution in [-0.2, 0) is 10.3 Å². The van der Waals surface area contributed by atoms with E-state index in [0.29, 0.717) is 10.7 Å². The molecule has 1 aromatic carbocycles. The molecular formula is C15H16ClN7O. The number of halogens is 1. The first kappa shape index (κ1) is 16.1. The number of aromatic nitrogens is 6. The van der Waals surface area contributed by atoms with Crippen LogP contribution < -0.4 is 5.32 Å². The number of hydrogen-bond acceptors (Lipinski definition) is 5. The molecule has 0 atom stereocenters. The molecule has 0 aliphatic rings. The van der Waals surface area contributed by atoms with Gasteiger partial charge in [-0.15, -0.1) is 5.10 Å². The van der Waals surface area contributed by atoms with Crippen molar-refractivity contribution in [3.63, 3.8) is 0 Å². The lowest BCUT2D eigenvalue weighted by molar-refractivity contribution is -0.123. The number of anilines is 1. The van der Waals surface area contributed by atoms with Crippen molar-refractivity contribution >= 4 is 23.2 Å². The van der Waals surface area contributed by atoms with Crippen molar-refractivity contribution in [3.05, 3.63) is 47.5 Å². The molecule has 2 heterocycles. The predicted molar refractivity (Wildman–Crippen MR) is 89.1 cm³/mol. The molecule has 3 rings (SSSR count). The van der Waals surface area contributed by atoms with Gasteiger partial charge in [0.1, 0.15) is 11.9 Å². The van der Waals surface area contributed by atoms with Crippen LogP contribution in [0, 0.1) is 6.92 Å². The second-order valence-electron chi connectivity index (χ2n) is 5.87. The Labute approximate surface area is 143 Å². The summed E-state index contributed by atoms with van der Waals surface area (Å²) in [7, 11) is 0. The third-order valence-electron chi connectivity index (χ3n) is 3.73. The summed E-state index contributed by atoms with van der Waals surface area (Å²) in [5, 5.41) is 18.6. The molecule has 0 saturated carbocycles. The molecule has 8 nitrogen and oxygen atoms in total. The van der Waals surface area contributed by atoms with Crippen molar-refractivity contribution in [1.29, 1.82) is 0 Å². The Balaban J connectivity index is 1.81. The highest BCUT2D eigenvalue weighted by atomic mass is 35.5. The number of carbonyl (C=O) groups is 1. The van der Waals surface area contributed by atoms with E-state index in [4.69, 9.17) is 11.6 Å². The average Bonchev–Trinajstić information content (AvgIpc) is 3.19. The van der Waals surface area contributed by atoms with Gasteiger partial charge in [0.15, 0.2) is 0 Å². The second kappa shape index (κ2) is 6.04. The van der Waals surface area contributed by atoms with Crippen molar-refractivity contribution in [3.8, 4) is 5.69 Å². The van der Waals surface area contributed by atoms with Gasteiger partial charge in [0.05, 0.1) is 16.9 Å². The smallest absolute Gasteiger partial charge is 0.251 e. The molecule has 2 aromatic heterocycles. The molecule has 1 N–H and O–H groups in total. The predicted octanol–water partition coefficient (Wildman–Crippen LogP) is 2.19. The number of tetrazole rings is 1. The summed E-state index contributed by atoms with van der Waals surface area (Å²) in [6.45, 7) is 5.47. The van der Waals surface area contributed by atoms with Gasteiger partial charge in [-0.25, -0.2) is 4.68 Å². The summed E-state index contributed by atoms with van der Waals surface area (Å²) in [6, 6.07) is 5.51. The van der Waals surface area contributed by atoms with Crippen molar-refractivity contribution in [2.24, 2.45) is 0 Å². The zero-order valence-electron chi connectivity index (χ0n) is 13.4. The van der Waals surface area contributed by atoms with E-state index in [-0.39, 0.29) is 5.91 Å². The molecule has 9 heteroatoms. The maximum absolute atomic E-state index is 12.6. The molecule has 3 aromatic rings. The highest BCUT2D eigenvalue weighted by Crippen LogP contribution is 2.22. The Morgan fingerprint density at radius 3 is 2.71 bits per heavy atom. The molecule has 0 aliphatic carbocycles. The van der Waals surface area contributed by atoms with E-state index < -0.39 is 5.54 Å². The third-order valence-corrected chi connectivity index (χ3v) is 3.93. The lowest BCUT2D eigenvalue weighted by atomic mass is 10.0. The topological polar surface area (TPSA) is 90.5 Å². The molecule has 0 radical (unpaired) electrons. The fourth-order valence-electron chi connectivity index (χ4n) is 2.26. The summed E-state index contributed by atoms with van der Waals surface area (Å²) in [5.74, 6) is -0.197. The fourth-order valence-corrected chi connectivity index (χ4v) is 2.39. The third kappa shape index (κ3) is 3.00. The number of benzene rings is 1. The number of nitrogens with one attached hydrogen (secondary N) is 1. The van der Waals surface area contributed by atoms with Gasteiger partial charge in [-0.05, 0) is 55.0 Å². The molecule has 0 unspecified atom stereocenters. The van der Waals surface area contributed by atoms with Crippen molar-refractivity contribution in [2.75, 3.05) is 5.32 Å². The minimum Gasteiger partial charge on any atom is -0.324 e. The highest BCUT2D eigenvalue weighted by Gasteiger charge is 2.30. The zero-order valence-corrected chi connectivity index (χ0v) is 14.2. The van der Waals surface area contributed by atoms with Gasteiger partial charge >= 0.3 is 0 Å². The van der Waals surface area contributed by atoms with Gasteiger partial charge in [-0.1, -0.05) is 11.6 Å². The fraction of sp³-hybridized carbons (Fsp3) is 0.267. The van der Waals surface area contributed by atoms with Crippen molar-refractivity contribution in [1.82, 2.24) is 30.0 Å². The maximum Gasteiger partial charge on any atom is 0.251 e. The van der Waals surface area contributed by atoms with Crippen LogP contribution in [0.1, 0.15) is 19.4 Å². The van der Waals surface area contributed by atoms with Gasteiger partial charge in [-0.2, -0.15) is 5.10 Å². The molecule has 0 spiro atoms. The largest absolute Gasteiger partial charge is 0.324 e. The minimum absolute atomic E-state index is 0.197. The number of aryl methyl sites for hydroxylation is 1. The van der Waals surface area contributed by atoms with Crippen molar-refractivity contribution in [2.45, 2.75) is 26.3 Å². The molecule has 0 fully saturated rings. The van der Waals surface area contributed by atoms with E-state index in [1.165, 1.54) is 17.2 Å². The SMILES string of the molecule is Cc1cc(NC(=O)C(C)(C)n2cc(Cl)cn2)ccc1-n1cnnn1. The van der Waals surface area contributed by atoms with Crippen LogP contribution in [0.15, 0.2) is 36.9 Å². The Bertz CT molecular complexity index is 870. The van der Waals surface area contributed by atoms with E-state index in [2.05, 4.69) is 25.9 Å². The lowest BCUT2D eigenvalue weighted by Crippen LogP contribution is -2.40. The summed E-state index contributed by atoms with van der Waals surface area (Å²) in [4.78, 5) is 12.6. The Kier molecular flexibility index (Phi) is 4.06. The normalized spacial score (nSPS) is 11.5. The maximum atomic E-state index is 12.6. The van der Waals surface area contributed by atoms with Crippen LogP contribution in [0.3, 0.4) is 0 Å². The van der Waals surface area contributed by atoms with E-state index in [0.717, 1.165) is 11.3 Å². The lowest BCUT2D eigenvalue weighted by Gasteiger charge is -2.24. The summed E-state index contributed by atoms with van der Waals surface area (Å²) in [5.41, 5.74) is 1.58. The molecule has 24 heavy (non-hydrogen) atoms. The van der Waals surface area contributed by atoms with Crippen LogP contribution in [0.4, 0.5) is 5.69 Å². The standard InChI is InChI=1S/C15H16ClN7O/c1-10-6-12(4-5-13(10)22-9-17-20-21-22)19-14(24)15(2,3)23-8-11(16)7-18-23/h4-9H,1-3H3,(H,19,24). The Hall–Kier alpha value is -2.74. The van der Waals surface area contributed by atoms with E-state index in [1.54, 1.807) is 30.8 Å². The number of carbonyl (C=O) groups excluding carboxylic acids is 1. The summed E-state index contributed by atoms with van der Waals surface area (Å²) in [6.07, 6.45) is 4.64. The van der Waals surface area contributed by atoms with Crippen LogP contribution >= 0.6 is 11.6 Å². The molecular weight excluding hydrogens is 330 g/mol. The van der Waals surface area contributed by atoms with Crippen LogP contribution in [0.25, 0.3) is 5.69 Å². The first-order valence-corrected chi connectivity index (χ1v) is 7.62. The monoisotopic (exact) mass is 345 g/mol. The molecule has 1 amide bonds. The number of amides is 1. The molecule has 0 bridgehead atoms. The summed E-state index contributed by atoms with van der Waals surface area (Å²) < 4.78 is 3.10. The first-order valence-electron chi connectivity index (χ1n) is 7.24. The molecule has 0 saturated heterocycles. The second-order valence-corrected chi connectivity index (χ2v) is 6.31. The van der Waals surface area contributed by atoms with E-state index in [1.807, 2.05) is 19.1 Å². The Morgan fingerprint density at radius 2 is 2.12 bits per heavy atom. The van der Waals surface area contributed by atoms with Gasteiger partial charge in [0.2, 0.25) is 0 Å². The van der Waals surface area contributed by atoms with Crippen molar-refractivity contribution < 1.29 is 4.79 Å².